The summed E-state index contributed by atoms with van der Waals surface area (Å²) in [7, 11) is 0. The zero-order chi connectivity index (χ0) is 21.0. The second-order valence-corrected chi connectivity index (χ2v) is 7.54. The molecule has 29 heavy (non-hydrogen) atoms. The third-order valence-corrected chi connectivity index (χ3v) is 4.97. The maximum atomic E-state index is 12.3. The summed E-state index contributed by atoms with van der Waals surface area (Å²) in [5.41, 5.74) is 3.93. The van der Waals surface area contributed by atoms with Gasteiger partial charge >= 0.3 is 5.97 Å². The van der Waals surface area contributed by atoms with Crippen molar-refractivity contribution >= 4 is 22.7 Å². The molecule has 0 unspecified atom stereocenters. The van der Waals surface area contributed by atoms with Crippen LogP contribution in [0.2, 0.25) is 0 Å². The first-order valence-corrected chi connectivity index (χ1v) is 9.94. The van der Waals surface area contributed by atoms with E-state index in [0.717, 1.165) is 27.6 Å². The number of hydrogen-bond donors (Lipinski definition) is 1. The summed E-state index contributed by atoms with van der Waals surface area (Å²) >= 11 is 0. The maximum Gasteiger partial charge on any atom is 0.313 e. The zero-order valence-electron chi connectivity index (χ0n) is 17.1. The van der Waals surface area contributed by atoms with Gasteiger partial charge < -0.3 is 14.4 Å². The van der Waals surface area contributed by atoms with Crippen LogP contribution < -0.4 is 0 Å². The van der Waals surface area contributed by atoms with Crippen molar-refractivity contribution in [2.45, 2.75) is 46.1 Å². The largest absolute Gasteiger partial charge is 0.508 e. The average Bonchev–Trinajstić information content (AvgIpc) is 3.00. The van der Waals surface area contributed by atoms with E-state index in [4.69, 9.17) is 4.74 Å². The van der Waals surface area contributed by atoms with Crippen LogP contribution >= 0.6 is 0 Å². The van der Waals surface area contributed by atoms with Gasteiger partial charge in [-0.05, 0) is 41.7 Å². The van der Waals surface area contributed by atoms with Crippen LogP contribution in [0, 0.1) is 0 Å². The van der Waals surface area contributed by atoms with Crippen molar-refractivity contribution in [3.63, 3.8) is 0 Å². The Morgan fingerprint density at radius 1 is 1.14 bits per heavy atom. The minimum absolute atomic E-state index is 0.155. The van der Waals surface area contributed by atoms with E-state index in [1.165, 1.54) is 0 Å². The Kier molecular flexibility index (Phi) is 6.37. The SMILES string of the molecule is CCOC(=O)CC(=O)Cc1cn(Cc2ccc(O)c(C(C)C)c2)c2ccccc12. The molecule has 1 heterocycles. The Balaban J connectivity index is 1.87. The lowest BCUT2D eigenvalue weighted by molar-refractivity contribution is -0.145. The second-order valence-electron chi connectivity index (χ2n) is 7.54. The first kappa shape index (κ1) is 20.6. The van der Waals surface area contributed by atoms with Crippen LogP contribution in [0.3, 0.4) is 0 Å². The zero-order valence-corrected chi connectivity index (χ0v) is 17.1. The van der Waals surface area contributed by atoms with Gasteiger partial charge in [0.25, 0.3) is 0 Å². The van der Waals surface area contributed by atoms with Crippen molar-refractivity contribution in [2.75, 3.05) is 6.61 Å². The number of aromatic nitrogens is 1. The van der Waals surface area contributed by atoms with Crippen molar-refractivity contribution in [1.82, 2.24) is 4.57 Å². The lowest BCUT2D eigenvalue weighted by Gasteiger charge is -2.12. The van der Waals surface area contributed by atoms with Gasteiger partial charge in [0.1, 0.15) is 18.0 Å². The van der Waals surface area contributed by atoms with Gasteiger partial charge in [-0.1, -0.05) is 44.2 Å². The van der Waals surface area contributed by atoms with Gasteiger partial charge in [-0.25, -0.2) is 0 Å². The fraction of sp³-hybridized carbons (Fsp3) is 0.333. The highest BCUT2D eigenvalue weighted by atomic mass is 16.5. The molecule has 3 aromatic rings. The highest BCUT2D eigenvalue weighted by Crippen LogP contribution is 2.28. The number of nitrogens with zero attached hydrogens (tertiary/aromatic N) is 1. The van der Waals surface area contributed by atoms with Crippen molar-refractivity contribution in [3.05, 3.63) is 65.4 Å². The minimum Gasteiger partial charge on any atom is -0.508 e. The van der Waals surface area contributed by atoms with E-state index >= 15 is 0 Å². The van der Waals surface area contributed by atoms with E-state index in [2.05, 4.69) is 18.4 Å². The van der Waals surface area contributed by atoms with E-state index < -0.39 is 5.97 Å². The number of fused-ring (bicyclic) bond motifs is 1. The number of phenolic OH excluding ortho intramolecular Hbond substituents is 1. The van der Waals surface area contributed by atoms with Gasteiger partial charge in [-0.3, -0.25) is 9.59 Å². The fourth-order valence-electron chi connectivity index (χ4n) is 3.60. The van der Waals surface area contributed by atoms with Crippen LogP contribution in [0.4, 0.5) is 0 Å². The fourth-order valence-corrected chi connectivity index (χ4v) is 3.60. The molecule has 0 bridgehead atoms. The number of aromatic hydroxyl groups is 1. The molecular weight excluding hydrogens is 366 g/mol. The monoisotopic (exact) mass is 393 g/mol. The molecule has 0 atom stereocenters. The molecular formula is C24H27NO4. The molecule has 0 aliphatic rings. The maximum absolute atomic E-state index is 12.3. The Labute approximate surface area is 170 Å². The van der Waals surface area contributed by atoms with E-state index in [0.29, 0.717) is 12.3 Å². The van der Waals surface area contributed by atoms with Gasteiger partial charge in [0.05, 0.1) is 6.61 Å². The number of carbonyl (C=O) groups is 2. The van der Waals surface area contributed by atoms with Gasteiger partial charge in [0, 0.05) is 30.1 Å². The number of hydrogen-bond acceptors (Lipinski definition) is 4. The van der Waals surface area contributed by atoms with Gasteiger partial charge in [0.15, 0.2) is 0 Å². The number of carbonyl (C=O) groups excluding carboxylic acids is 2. The predicted octanol–water partition coefficient (Wildman–Crippen LogP) is 4.58. The lowest BCUT2D eigenvalue weighted by Crippen LogP contribution is -2.12. The Morgan fingerprint density at radius 2 is 1.90 bits per heavy atom. The summed E-state index contributed by atoms with van der Waals surface area (Å²) in [5.74, 6) is -0.0941. The number of esters is 1. The Bertz CT molecular complexity index is 1030. The van der Waals surface area contributed by atoms with E-state index in [1.807, 2.05) is 42.6 Å². The molecule has 0 spiro atoms. The molecule has 152 valence electrons. The molecule has 0 radical (unpaired) electrons. The highest BCUT2D eigenvalue weighted by Gasteiger charge is 2.16. The van der Waals surface area contributed by atoms with Gasteiger partial charge in [0.2, 0.25) is 0 Å². The van der Waals surface area contributed by atoms with Crippen molar-refractivity contribution in [2.24, 2.45) is 0 Å². The summed E-state index contributed by atoms with van der Waals surface area (Å²) in [6, 6.07) is 13.6. The molecule has 0 saturated carbocycles. The lowest BCUT2D eigenvalue weighted by atomic mass is 9.99. The minimum atomic E-state index is -0.480. The number of benzene rings is 2. The van der Waals surface area contributed by atoms with E-state index in [9.17, 15) is 14.7 Å². The molecule has 1 aromatic heterocycles. The molecule has 5 nitrogen and oxygen atoms in total. The molecule has 3 rings (SSSR count). The van der Waals surface area contributed by atoms with Crippen molar-refractivity contribution in [1.29, 1.82) is 0 Å². The van der Waals surface area contributed by atoms with Crippen LogP contribution in [0.1, 0.15) is 49.8 Å². The van der Waals surface area contributed by atoms with Crippen LogP contribution in [0.25, 0.3) is 10.9 Å². The standard InChI is InChI=1S/C24H27NO4/c1-4-29-24(28)13-19(26)12-18-15-25(22-8-6-5-7-20(18)22)14-17-9-10-23(27)21(11-17)16(2)3/h5-11,15-16,27H,4,12-14H2,1-3H3. The normalized spacial score (nSPS) is 11.2. The molecule has 2 aromatic carbocycles. The van der Waals surface area contributed by atoms with Gasteiger partial charge in [-0.2, -0.15) is 0 Å². The van der Waals surface area contributed by atoms with Gasteiger partial charge in [-0.15, -0.1) is 0 Å². The summed E-state index contributed by atoms with van der Waals surface area (Å²) in [6.07, 6.45) is 1.97. The summed E-state index contributed by atoms with van der Waals surface area (Å²) in [6.45, 7) is 6.74. The summed E-state index contributed by atoms with van der Waals surface area (Å²) in [4.78, 5) is 23.9. The molecule has 0 saturated heterocycles. The van der Waals surface area contributed by atoms with Crippen LogP contribution in [-0.2, 0) is 27.3 Å². The molecule has 1 N–H and O–H groups in total. The average molecular weight is 393 g/mol. The Morgan fingerprint density at radius 3 is 2.62 bits per heavy atom. The van der Waals surface area contributed by atoms with E-state index in [-0.39, 0.29) is 31.1 Å². The van der Waals surface area contributed by atoms with E-state index in [1.54, 1.807) is 13.0 Å². The van der Waals surface area contributed by atoms with Crippen molar-refractivity contribution < 1.29 is 19.4 Å². The number of ether oxygens (including phenoxy) is 1. The molecule has 0 amide bonds. The Hall–Kier alpha value is -3.08. The number of phenols is 1. The van der Waals surface area contributed by atoms with Crippen LogP contribution in [-0.4, -0.2) is 28.0 Å². The molecule has 0 aliphatic heterocycles. The molecule has 0 fully saturated rings. The predicted molar refractivity (Wildman–Crippen MR) is 113 cm³/mol. The number of rotatable bonds is 8. The quantitative estimate of drug-likeness (QED) is 0.449. The topological polar surface area (TPSA) is 68.5 Å². The molecule has 0 aliphatic carbocycles. The summed E-state index contributed by atoms with van der Waals surface area (Å²) in [5, 5.41) is 11.1. The highest BCUT2D eigenvalue weighted by molar-refractivity contribution is 5.98. The first-order chi connectivity index (χ1) is 13.9. The van der Waals surface area contributed by atoms with Crippen molar-refractivity contribution in [3.8, 4) is 5.75 Å². The van der Waals surface area contributed by atoms with Crippen LogP contribution in [0.15, 0.2) is 48.7 Å². The number of para-hydroxylation sites is 1. The number of Topliss-reactive ketones (excluding diaryl/α,β-unsaturated/α-hetero) is 1. The molecule has 5 heteroatoms. The first-order valence-electron chi connectivity index (χ1n) is 9.94. The third kappa shape index (κ3) is 4.86. The summed E-state index contributed by atoms with van der Waals surface area (Å²) < 4.78 is 6.99. The smallest absolute Gasteiger partial charge is 0.313 e. The van der Waals surface area contributed by atoms with Crippen LogP contribution in [0.5, 0.6) is 5.75 Å². The number of ketones is 1. The third-order valence-electron chi connectivity index (χ3n) is 4.97. The second kappa shape index (κ2) is 8.95.